The van der Waals surface area contributed by atoms with Gasteiger partial charge in [-0.05, 0) is 56.3 Å². The number of anilines is 1. The van der Waals surface area contributed by atoms with Crippen LogP contribution in [0.2, 0.25) is 0 Å². The molecule has 0 spiro atoms. The zero-order valence-corrected chi connectivity index (χ0v) is 19.4. The largest absolute Gasteiger partial charge is 0.497 e. The molecule has 4 aromatic rings. The number of para-hydroxylation sites is 1. The second-order valence-electron chi connectivity index (χ2n) is 7.83. The van der Waals surface area contributed by atoms with Crippen molar-refractivity contribution < 1.29 is 9.53 Å². The molecule has 1 amide bonds. The lowest BCUT2D eigenvalue weighted by atomic mass is 10.1. The van der Waals surface area contributed by atoms with Crippen LogP contribution in [0.5, 0.6) is 5.75 Å². The van der Waals surface area contributed by atoms with Crippen LogP contribution in [-0.4, -0.2) is 32.2 Å². The molecule has 9 nitrogen and oxygen atoms in total. The molecule has 4 rings (SSSR count). The number of ether oxygens (including phenoxy) is 1. The van der Waals surface area contributed by atoms with E-state index in [1.54, 1.807) is 50.9 Å². The molecule has 1 unspecified atom stereocenters. The maximum absolute atomic E-state index is 13.1. The quantitative estimate of drug-likeness (QED) is 0.478. The van der Waals surface area contributed by atoms with Gasteiger partial charge in [0, 0.05) is 18.7 Å². The van der Waals surface area contributed by atoms with E-state index in [4.69, 9.17) is 4.74 Å². The van der Waals surface area contributed by atoms with Crippen LogP contribution in [0.15, 0.2) is 76.3 Å². The highest BCUT2D eigenvalue weighted by molar-refractivity contribution is 5.93. The van der Waals surface area contributed by atoms with Crippen LogP contribution in [0.3, 0.4) is 0 Å². The molecule has 0 radical (unpaired) electrons. The summed E-state index contributed by atoms with van der Waals surface area (Å²) in [4.78, 5) is 38.7. The lowest BCUT2D eigenvalue weighted by molar-refractivity contribution is -0.119. The molecule has 34 heavy (non-hydrogen) atoms. The fraction of sp³-hybridized carbons (Fsp3) is 0.200. The van der Waals surface area contributed by atoms with E-state index in [2.05, 4.69) is 10.4 Å². The number of carbonyl (C=O) groups excluding carboxylic acids is 1. The molecule has 1 atom stereocenters. The molecule has 0 aliphatic carbocycles. The number of rotatable bonds is 6. The number of nitrogens with one attached hydrogen (secondary N) is 1. The van der Waals surface area contributed by atoms with Crippen molar-refractivity contribution in [1.82, 2.24) is 19.1 Å². The standard InChI is InChI=1S/C25H25N5O4/c1-16-23(25(33)30(28(16)3)19-8-6-5-7-9-19)26-24(32)17(2)29-22(31)15-14-21(27-29)18-10-12-20(34-4)13-11-18/h5-15,17H,1-4H3,(H,26,32). The molecule has 0 saturated heterocycles. The Morgan fingerprint density at radius 1 is 1.00 bits per heavy atom. The smallest absolute Gasteiger partial charge is 0.295 e. The van der Waals surface area contributed by atoms with E-state index >= 15 is 0 Å². The molecule has 0 aliphatic heterocycles. The minimum atomic E-state index is -0.949. The highest BCUT2D eigenvalue weighted by atomic mass is 16.5. The highest BCUT2D eigenvalue weighted by Crippen LogP contribution is 2.20. The van der Waals surface area contributed by atoms with Crippen LogP contribution in [-0.2, 0) is 11.8 Å². The Kier molecular flexibility index (Phi) is 6.18. The Bertz CT molecular complexity index is 1450. The molecule has 2 heterocycles. The van der Waals surface area contributed by atoms with Gasteiger partial charge in [0.1, 0.15) is 17.5 Å². The van der Waals surface area contributed by atoms with Crippen molar-refractivity contribution in [3.05, 3.63) is 93.1 Å². The Hall–Kier alpha value is -4.40. The van der Waals surface area contributed by atoms with Gasteiger partial charge >= 0.3 is 0 Å². The monoisotopic (exact) mass is 459 g/mol. The zero-order valence-electron chi connectivity index (χ0n) is 19.4. The molecular weight excluding hydrogens is 434 g/mol. The van der Waals surface area contributed by atoms with E-state index in [1.807, 2.05) is 42.5 Å². The summed E-state index contributed by atoms with van der Waals surface area (Å²) in [6.45, 7) is 3.31. The number of carbonyl (C=O) groups is 1. The first kappa shape index (κ1) is 22.8. The van der Waals surface area contributed by atoms with E-state index in [1.165, 1.54) is 10.7 Å². The predicted octanol–water partition coefficient (Wildman–Crippen LogP) is 2.92. The van der Waals surface area contributed by atoms with Crippen molar-refractivity contribution >= 4 is 11.6 Å². The van der Waals surface area contributed by atoms with Crippen molar-refractivity contribution in [2.24, 2.45) is 7.05 Å². The third-order valence-electron chi connectivity index (χ3n) is 5.76. The second-order valence-corrected chi connectivity index (χ2v) is 7.83. The fourth-order valence-corrected chi connectivity index (χ4v) is 3.67. The van der Waals surface area contributed by atoms with Gasteiger partial charge in [0.15, 0.2) is 0 Å². The van der Waals surface area contributed by atoms with Crippen LogP contribution in [0.25, 0.3) is 16.9 Å². The van der Waals surface area contributed by atoms with Gasteiger partial charge in [-0.2, -0.15) is 5.10 Å². The van der Waals surface area contributed by atoms with Gasteiger partial charge in [-0.1, -0.05) is 18.2 Å². The maximum atomic E-state index is 13.1. The third-order valence-corrected chi connectivity index (χ3v) is 5.76. The van der Waals surface area contributed by atoms with Gasteiger partial charge in [0.05, 0.1) is 24.2 Å². The van der Waals surface area contributed by atoms with Gasteiger partial charge in [-0.25, -0.2) is 9.36 Å². The van der Waals surface area contributed by atoms with Crippen molar-refractivity contribution in [2.75, 3.05) is 12.4 Å². The summed E-state index contributed by atoms with van der Waals surface area (Å²) < 4.78 is 9.44. The first-order valence-electron chi connectivity index (χ1n) is 10.7. The number of aromatic nitrogens is 4. The minimum absolute atomic E-state index is 0.155. The first-order valence-corrected chi connectivity index (χ1v) is 10.7. The van der Waals surface area contributed by atoms with Crippen molar-refractivity contribution in [3.63, 3.8) is 0 Å². The Labute approximate surface area is 195 Å². The Balaban J connectivity index is 1.64. The predicted molar refractivity (Wildman–Crippen MR) is 130 cm³/mol. The zero-order chi connectivity index (χ0) is 24.4. The molecular formula is C25H25N5O4. The summed E-state index contributed by atoms with van der Waals surface area (Å²) >= 11 is 0. The van der Waals surface area contributed by atoms with Gasteiger partial charge < -0.3 is 10.1 Å². The molecule has 174 valence electrons. The summed E-state index contributed by atoms with van der Waals surface area (Å²) in [5, 5.41) is 7.09. The van der Waals surface area contributed by atoms with Crippen LogP contribution >= 0.6 is 0 Å². The molecule has 0 saturated carbocycles. The van der Waals surface area contributed by atoms with E-state index in [9.17, 15) is 14.4 Å². The SMILES string of the molecule is COc1ccc(-c2ccc(=O)n(C(C)C(=O)Nc3c(C)n(C)n(-c4ccccc4)c3=O)n2)cc1. The average molecular weight is 460 g/mol. The third kappa shape index (κ3) is 4.15. The van der Waals surface area contributed by atoms with Crippen LogP contribution in [0.1, 0.15) is 18.7 Å². The number of amides is 1. The van der Waals surface area contributed by atoms with Crippen molar-refractivity contribution in [1.29, 1.82) is 0 Å². The molecule has 2 aromatic carbocycles. The summed E-state index contributed by atoms with van der Waals surface area (Å²) in [6, 6.07) is 18.4. The number of methoxy groups -OCH3 is 1. The van der Waals surface area contributed by atoms with Gasteiger partial charge in [0.2, 0.25) is 5.91 Å². The van der Waals surface area contributed by atoms with E-state index in [-0.39, 0.29) is 11.2 Å². The van der Waals surface area contributed by atoms with Crippen LogP contribution in [0, 0.1) is 6.92 Å². The van der Waals surface area contributed by atoms with Crippen LogP contribution < -0.4 is 21.2 Å². The number of nitrogens with zero attached hydrogens (tertiary/aromatic N) is 4. The fourth-order valence-electron chi connectivity index (χ4n) is 3.67. The molecule has 2 aromatic heterocycles. The Morgan fingerprint density at radius 2 is 1.68 bits per heavy atom. The second kappa shape index (κ2) is 9.22. The first-order chi connectivity index (χ1) is 16.3. The lowest BCUT2D eigenvalue weighted by Crippen LogP contribution is -2.34. The molecule has 0 aliphatic rings. The van der Waals surface area contributed by atoms with E-state index < -0.39 is 17.5 Å². The van der Waals surface area contributed by atoms with Gasteiger partial charge in [-0.3, -0.25) is 19.1 Å². The maximum Gasteiger partial charge on any atom is 0.295 e. The van der Waals surface area contributed by atoms with Gasteiger partial charge in [0.25, 0.3) is 11.1 Å². The molecule has 1 N–H and O–H groups in total. The molecule has 9 heteroatoms. The average Bonchev–Trinajstić information content (AvgIpc) is 3.07. The van der Waals surface area contributed by atoms with Gasteiger partial charge in [-0.15, -0.1) is 0 Å². The summed E-state index contributed by atoms with van der Waals surface area (Å²) in [7, 11) is 3.32. The van der Waals surface area contributed by atoms with Crippen LogP contribution in [0.4, 0.5) is 5.69 Å². The molecule has 0 bridgehead atoms. The topological polar surface area (TPSA) is 100 Å². The number of benzene rings is 2. The normalized spacial score (nSPS) is 11.8. The summed E-state index contributed by atoms with van der Waals surface area (Å²) in [6.07, 6.45) is 0. The summed E-state index contributed by atoms with van der Waals surface area (Å²) in [5.41, 5.74) is 1.93. The highest BCUT2D eigenvalue weighted by Gasteiger charge is 2.23. The number of hydrogen-bond donors (Lipinski definition) is 1. The van der Waals surface area contributed by atoms with Crippen molar-refractivity contribution in [2.45, 2.75) is 19.9 Å². The van der Waals surface area contributed by atoms with Crippen molar-refractivity contribution in [3.8, 4) is 22.7 Å². The van der Waals surface area contributed by atoms with E-state index in [0.717, 1.165) is 10.2 Å². The minimum Gasteiger partial charge on any atom is -0.497 e. The van der Waals surface area contributed by atoms with E-state index in [0.29, 0.717) is 22.8 Å². The number of hydrogen-bond acceptors (Lipinski definition) is 5. The Morgan fingerprint density at radius 3 is 2.32 bits per heavy atom. The summed E-state index contributed by atoms with van der Waals surface area (Å²) in [5.74, 6) is 0.177. The lowest BCUT2D eigenvalue weighted by Gasteiger charge is -2.14. The molecule has 0 fully saturated rings.